The first-order chi connectivity index (χ1) is 8.06. The van der Waals surface area contributed by atoms with Crippen LogP contribution in [0.4, 0.5) is 0 Å². The molecule has 0 aromatic heterocycles. The molecule has 1 heterocycles. The summed E-state index contributed by atoms with van der Waals surface area (Å²) < 4.78 is 5.62. The van der Waals surface area contributed by atoms with Gasteiger partial charge in [0.25, 0.3) is 0 Å². The van der Waals surface area contributed by atoms with E-state index in [0.29, 0.717) is 6.42 Å². The second-order valence-corrected chi connectivity index (χ2v) is 4.93. The van der Waals surface area contributed by atoms with Gasteiger partial charge in [-0.05, 0) is 44.8 Å². The Morgan fingerprint density at radius 3 is 2.94 bits per heavy atom. The van der Waals surface area contributed by atoms with Gasteiger partial charge in [0, 0.05) is 24.9 Å². The molecule has 1 aromatic rings. The summed E-state index contributed by atoms with van der Waals surface area (Å²) in [5.74, 6) is 1.14. The van der Waals surface area contributed by atoms with E-state index in [-0.39, 0.29) is 11.9 Å². The van der Waals surface area contributed by atoms with Crippen molar-refractivity contribution in [2.75, 3.05) is 20.6 Å². The van der Waals surface area contributed by atoms with Crippen molar-refractivity contribution in [1.82, 2.24) is 4.90 Å². The van der Waals surface area contributed by atoms with Gasteiger partial charge in [-0.25, -0.2) is 0 Å². The summed E-state index contributed by atoms with van der Waals surface area (Å²) in [6.45, 7) is 2.84. The molecule has 0 aliphatic carbocycles. The summed E-state index contributed by atoms with van der Waals surface area (Å²) in [7, 11) is 3.96. The van der Waals surface area contributed by atoms with Crippen LogP contribution in [0.5, 0.6) is 5.75 Å². The number of ketones is 1. The normalized spacial score (nSPS) is 18.0. The Morgan fingerprint density at radius 2 is 2.24 bits per heavy atom. The molecule has 0 spiro atoms. The van der Waals surface area contributed by atoms with E-state index < -0.39 is 0 Å². The molecule has 0 radical (unpaired) electrons. The van der Waals surface area contributed by atoms with E-state index in [0.717, 1.165) is 29.8 Å². The number of fused-ring (bicyclic) bond motifs is 1. The van der Waals surface area contributed by atoms with Gasteiger partial charge in [0.15, 0.2) is 5.78 Å². The van der Waals surface area contributed by atoms with Crippen molar-refractivity contribution < 1.29 is 9.53 Å². The van der Waals surface area contributed by atoms with Crippen molar-refractivity contribution in [2.45, 2.75) is 25.9 Å². The van der Waals surface area contributed by atoms with Crippen LogP contribution < -0.4 is 4.74 Å². The lowest BCUT2D eigenvalue weighted by molar-refractivity contribution is 0.0972. The molecule has 0 unspecified atom stereocenters. The highest BCUT2D eigenvalue weighted by atomic mass is 16.5. The summed E-state index contributed by atoms with van der Waals surface area (Å²) in [4.78, 5) is 14.0. The smallest absolute Gasteiger partial charge is 0.164 e. The van der Waals surface area contributed by atoms with Crippen molar-refractivity contribution in [3.05, 3.63) is 29.3 Å². The standard InChI is InChI=1S/C14H19NO2/c1-10-8-12-9-11(4-5-14(12)17-10)13(16)6-7-15(2)3/h4-5,9-10H,6-8H2,1-3H3/t10-/m0/s1. The third-order valence-corrected chi connectivity index (χ3v) is 3.00. The molecule has 0 N–H and O–H groups in total. The number of ether oxygens (including phenoxy) is 1. The van der Waals surface area contributed by atoms with Crippen LogP contribution in [-0.4, -0.2) is 37.4 Å². The summed E-state index contributed by atoms with van der Waals surface area (Å²) in [6, 6.07) is 5.77. The van der Waals surface area contributed by atoms with Gasteiger partial charge in [-0.1, -0.05) is 0 Å². The minimum absolute atomic E-state index is 0.209. The van der Waals surface area contributed by atoms with Gasteiger partial charge in [0.1, 0.15) is 11.9 Å². The molecule has 1 aliphatic rings. The van der Waals surface area contributed by atoms with E-state index in [2.05, 4.69) is 0 Å². The highest BCUT2D eigenvalue weighted by Crippen LogP contribution is 2.29. The van der Waals surface area contributed by atoms with E-state index in [1.807, 2.05) is 44.1 Å². The fourth-order valence-corrected chi connectivity index (χ4v) is 2.06. The quantitative estimate of drug-likeness (QED) is 0.746. The topological polar surface area (TPSA) is 29.5 Å². The van der Waals surface area contributed by atoms with E-state index in [9.17, 15) is 4.79 Å². The number of carbonyl (C=O) groups excluding carboxylic acids is 1. The van der Waals surface area contributed by atoms with Gasteiger partial charge in [0.05, 0.1) is 0 Å². The molecule has 0 saturated carbocycles. The minimum Gasteiger partial charge on any atom is -0.490 e. The maximum Gasteiger partial charge on any atom is 0.164 e. The second-order valence-electron chi connectivity index (χ2n) is 4.93. The summed E-state index contributed by atoms with van der Waals surface area (Å²) >= 11 is 0. The average molecular weight is 233 g/mol. The largest absolute Gasteiger partial charge is 0.490 e. The molecule has 1 aliphatic heterocycles. The Kier molecular flexibility index (Phi) is 3.48. The molecular weight excluding hydrogens is 214 g/mol. The first-order valence-corrected chi connectivity index (χ1v) is 6.04. The highest BCUT2D eigenvalue weighted by molar-refractivity contribution is 5.96. The van der Waals surface area contributed by atoms with Crippen molar-refractivity contribution in [3.63, 3.8) is 0 Å². The van der Waals surface area contributed by atoms with Crippen LogP contribution in [-0.2, 0) is 6.42 Å². The molecular formula is C14H19NO2. The molecule has 2 rings (SSSR count). The predicted octanol–water partition coefficient (Wildman–Crippen LogP) is 2.14. The number of carbonyl (C=O) groups is 1. The van der Waals surface area contributed by atoms with Crippen LogP contribution in [0.15, 0.2) is 18.2 Å². The zero-order chi connectivity index (χ0) is 12.4. The van der Waals surface area contributed by atoms with E-state index >= 15 is 0 Å². The third-order valence-electron chi connectivity index (χ3n) is 3.00. The number of benzene rings is 1. The molecule has 1 aromatic carbocycles. The predicted molar refractivity (Wildman–Crippen MR) is 67.7 cm³/mol. The van der Waals surface area contributed by atoms with E-state index in [1.165, 1.54) is 0 Å². The van der Waals surface area contributed by atoms with Crippen LogP contribution in [0.25, 0.3) is 0 Å². The summed E-state index contributed by atoms with van der Waals surface area (Å²) in [5, 5.41) is 0. The van der Waals surface area contributed by atoms with Gasteiger partial charge < -0.3 is 9.64 Å². The summed E-state index contributed by atoms with van der Waals surface area (Å²) in [6.07, 6.45) is 1.71. The maximum absolute atomic E-state index is 12.0. The summed E-state index contributed by atoms with van der Waals surface area (Å²) in [5.41, 5.74) is 1.97. The van der Waals surface area contributed by atoms with Gasteiger partial charge >= 0.3 is 0 Å². The van der Waals surface area contributed by atoms with Crippen molar-refractivity contribution in [3.8, 4) is 5.75 Å². The lowest BCUT2D eigenvalue weighted by atomic mass is 10.0. The first-order valence-electron chi connectivity index (χ1n) is 6.04. The number of hydrogen-bond donors (Lipinski definition) is 0. The van der Waals surface area contributed by atoms with Gasteiger partial charge in [-0.3, -0.25) is 4.79 Å². The number of rotatable bonds is 4. The molecule has 17 heavy (non-hydrogen) atoms. The minimum atomic E-state index is 0.209. The van der Waals surface area contributed by atoms with Crippen LogP contribution in [0.1, 0.15) is 29.3 Å². The van der Waals surface area contributed by atoms with Crippen molar-refractivity contribution in [1.29, 1.82) is 0 Å². The molecule has 0 saturated heterocycles. The lowest BCUT2D eigenvalue weighted by Crippen LogP contribution is -2.16. The fourth-order valence-electron chi connectivity index (χ4n) is 2.06. The zero-order valence-electron chi connectivity index (χ0n) is 10.7. The van der Waals surface area contributed by atoms with Gasteiger partial charge in [-0.2, -0.15) is 0 Å². The SMILES string of the molecule is C[C@H]1Cc2cc(C(=O)CCN(C)C)ccc2O1. The first kappa shape index (κ1) is 12.1. The molecule has 1 atom stereocenters. The van der Waals surface area contributed by atoms with Crippen LogP contribution >= 0.6 is 0 Å². The molecule has 0 bridgehead atoms. The zero-order valence-corrected chi connectivity index (χ0v) is 10.7. The van der Waals surface area contributed by atoms with Crippen molar-refractivity contribution >= 4 is 5.78 Å². The van der Waals surface area contributed by atoms with Gasteiger partial charge in [0.2, 0.25) is 0 Å². The third kappa shape index (κ3) is 2.86. The maximum atomic E-state index is 12.0. The molecule has 3 heteroatoms. The number of Topliss-reactive ketones (excluding diaryl/α,β-unsaturated/α-hetero) is 1. The molecule has 3 nitrogen and oxygen atoms in total. The lowest BCUT2D eigenvalue weighted by Gasteiger charge is -2.08. The molecule has 0 fully saturated rings. The van der Waals surface area contributed by atoms with Gasteiger partial charge in [-0.15, -0.1) is 0 Å². The average Bonchev–Trinajstić information content (AvgIpc) is 2.64. The van der Waals surface area contributed by atoms with E-state index in [4.69, 9.17) is 4.74 Å². The van der Waals surface area contributed by atoms with Crippen molar-refractivity contribution in [2.24, 2.45) is 0 Å². The molecule has 0 amide bonds. The number of nitrogens with zero attached hydrogens (tertiary/aromatic N) is 1. The molecule has 92 valence electrons. The van der Waals surface area contributed by atoms with E-state index in [1.54, 1.807) is 0 Å². The Morgan fingerprint density at radius 1 is 1.47 bits per heavy atom. The number of hydrogen-bond acceptors (Lipinski definition) is 3. The fraction of sp³-hybridized carbons (Fsp3) is 0.500. The Balaban J connectivity index is 2.08. The van der Waals surface area contributed by atoms with Crippen LogP contribution in [0.2, 0.25) is 0 Å². The Labute approximate surface area is 102 Å². The Bertz CT molecular complexity index is 426. The Hall–Kier alpha value is -1.35. The second kappa shape index (κ2) is 4.88. The monoisotopic (exact) mass is 233 g/mol. The van der Waals surface area contributed by atoms with Crippen LogP contribution in [0, 0.1) is 0 Å². The highest BCUT2D eigenvalue weighted by Gasteiger charge is 2.20. The van der Waals surface area contributed by atoms with Crippen LogP contribution in [0.3, 0.4) is 0 Å².